The minimum Gasteiger partial charge on any atom is -0.344 e. The number of para-hydroxylation sites is 2. The Kier molecular flexibility index (Phi) is 4.06. The van der Waals surface area contributed by atoms with Gasteiger partial charge in [0, 0.05) is 75.5 Å². The summed E-state index contributed by atoms with van der Waals surface area (Å²) in [5.74, 6) is 0. The van der Waals surface area contributed by atoms with E-state index in [9.17, 15) is 0 Å². The number of fused-ring (bicyclic) bond motifs is 10. The van der Waals surface area contributed by atoms with Crippen molar-refractivity contribution in [3.8, 4) is 0 Å². The Labute approximate surface area is 214 Å². The fourth-order valence-corrected chi connectivity index (χ4v) is 6.68. The Hall–Kier alpha value is -4.50. The van der Waals surface area contributed by atoms with Crippen LogP contribution >= 0.6 is 0 Å². The van der Waals surface area contributed by atoms with E-state index in [4.69, 9.17) is 0 Å². The Morgan fingerprint density at radius 1 is 0.432 bits per heavy atom. The summed E-state index contributed by atoms with van der Waals surface area (Å²) in [6.45, 7) is 0. The number of aromatic nitrogens is 3. The van der Waals surface area contributed by atoms with Crippen molar-refractivity contribution in [2.24, 2.45) is 21.1 Å². The quantitative estimate of drug-likeness (QED) is 0.238. The lowest BCUT2D eigenvalue weighted by Gasteiger charge is -2.05. The van der Waals surface area contributed by atoms with E-state index in [1.807, 2.05) is 0 Å². The SMILES string of the molecule is Cn1c2ccccc2c2cc(Cc3ccc4c(c3)c3ccc5c(c6ccccc6n5C)c3n4C)ccc21. The van der Waals surface area contributed by atoms with Crippen molar-refractivity contribution >= 4 is 65.4 Å². The predicted octanol–water partition coefficient (Wildman–Crippen LogP) is 8.21. The van der Waals surface area contributed by atoms with Crippen molar-refractivity contribution in [2.45, 2.75) is 6.42 Å². The van der Waals surface area contributed by atoms with Crippen molar-refractivity contribution < 1.29 is 0 Å². The maximum absolute atomic E-state index is 2.40. The van der Waals surface area contributed by atoms with E-state index in [1.54, 1.807) is 0 Å². The number of hydrogen-bond acceptors (Lipinski definition) is 0. The van der Waals surface area contributed by atoms with Gasteiger partial charge in [-0.1, -0.05) is 54.6 Å². The molecule has 0 aliphatic carbocycles. The van der Waals surface area contributed by atoms with E-state index in [0.29, 0.717) is 0 Å². The van der Waals surface area contributed by atoms with Crippen molar-refractivity contribution in [2.75, 3.05) is 0 Å². The number of rotatable bonds is 2. The van der Waals surface area contributed by atoms with Crippen LogP contribution in [0.3, 0.4) is 0 Å². The lowest BCUT2D eigenvalue weighted by atomic mass is 10.0. The van der Waals surface area contributed by atoms with Gasteiger partial charge in [0.2, 0.25) is 0 Å². The normalized spacial score (nSPS) is 12.3. The van der Waals surface area contributed by atoms with Gasteiger partial charge in [0.1, 0.15) is 0 Å². The molecule has 8 rings (SSSR count). The van der Waals surface area contributed by atoms with Crippen LogP contribution in [0.2, 0.25) is 0 Å². The average Bonchev–Trinajstić information content (AvgIpc) is 3.50. The lowest BCUT2D eigenvalue weighted by Crippen LogP contribution is -1.91. The molecule has 3 aromatic heterocycles. The lowest BCUT2D eigenvalue weighted by molar-refractivity contribution is 1.01. The number of nitrogens with zero attached hydrogens (tertiary/aromatic N) is 3. The standard InChI is InChI=1S/C34H27N3/c1-35-28-10-6-4-8-23(28)26-19-21(12-15-30(26)35)18-22-13-16-31-27(20-22)24-14-17-32-33(34(24)37(31)3)25-9-5-7-11-29(25)36(32)2/h4-17,19-20H,18H2,1-3H3. The molecule has 3 heterocycles. The van der Waals surface area contributed by atoms with Crippen molar-refractivity contribution in [1.82, 2.24) is 13.7 Å². The summed E-state index contributed by atoms with van der Waals surface area (Å²) in [6.07, 6.45) is 0.919. The van der Waals surface area contributed by atoms with E-state index in [2.05, 4.69) is 132 Å². The van der Waals surface area contributed by atoms with Crippen molar-refractivity contribution in [3.63, 3.8) is 0 Å². The van der Waals surface area contributed by atoms with Crippen LogP contribution < -0.4 is 0 Å². The highest BCUT2D eigenvalue weighted by atomic mass is 15.0. The number of aryl methyl sites for hydroxylation is 3. The average molecular weight is 478 g/mol. The monoisotopic (exact) mass is 477 g/mol. The smallest absolute Gasteiger partial charge is 0.0590 e. The Bertz CT molecular complexity index is 2200. The fourth-order valence-electron chi connectivity index (χ4n) is 6.68. The third kappa shape index (κ3) is 2.71. The van der Waals surface area contributed by atoms with Crippen LogP contribution in [-0.2, 0) is 27.6 Å². The van der Waals surface area contributed by atoms with Gasteiger partial charge < -0.3 is 13.7 Å². The van der Waals surface area contributed by atoms with Gasteiger partial charge >= 0.3 is 0 Å². The number of benzene rings is 5. The minimum atomic E-state index is 0.919. The molecule has 0 atom stereocenters. The summed E-state index contributed by atoms with van der Waals surface area (Å²) in [4.78, 5) is 0. The molecule has 0 amide bonds. The molecule has 37 heavy (non-hydrogen) atoms. The molecule has 3 nitrogen and oxygen atoms in total. The molecule has 0 N–H and O–H groups in total. The van der Waals surface area contributed by atoms with E-state index in [-0.39, 0.29) is 0 Å². The summed E-state index contributed by atoms with van der Waals surface area (Å²) in [7, 11) is 6.54. The molecule has 178 valence electrons. The zero-order valence-corrected chi connectivity index (χ0v) is 21.3. The van der Waals surface area contributed by atoms with Gasteiger partial charge in [-0.25, -0.2) is 0 Å². The molecule has 0 radical (unpaired) electrons. The number of hydrogen-bond donors (Lipinski definition) is 0. The summed E-state index contributed by atoms with van der Waals surface area (Å²) in [6, 6.07) is 36.0. The second-order valence-electron chi connectivity index (χ2n) is 10.4. The van der Waals surface area contributed by atoms with Crippen LogP contribution in [0, 0.1) is 0 Å². The maximum atomic E-state index is 2.40. The van der Waals surface area contributed by atoms with Gasteiger partial charge in [-0.2, -0.15) is 0 Å². The zero-order valence-electron chi connectivity index (χ0n) is 21.3. The third-order valence-electron chi connectivity index (χ3n) is 8.49. The molecule has 0 spiro atoms. The van der Waals surface area contributed by atoms with Crippen LogP contribution in [-0.4, -0.2) is 13.7 Å². The van der Waals surface area contributed by atoms with Crippen LogP contribution in [0.15, 0.2) is 97.1 Å². The molecule has 5 aromatic carbocycles. The second kappa shape index (κ2) is 7.27. The van der Waals surface area contributed by atoms with E-state index in [0.717, 1.165) is 6.42 Å². The first kappa shape index (κ1) is 20.7. The van der Waals surface area contributed by atoms with Crippen molar-refractivity contribution in [1.29, 1.82) is 0 Å². The Morgan fingerprint density at radius 2 is 0.946 bits per heavy atom. The topological polar surface area (TPSA) is 14.8 Å². The molecule has 0 aliphatic heterocycles. The van der Waals surface area contributed by atoms with E-state index < -0.39 is 0 Å². The molecule has 0 aliphatic rings. The molecule has 8 aromatic rings. The first-order chi connectivity index (χ1) is 18.1. The minimum absolute atomic E-state index is 0.919. The predicted molar refractivity (Wildman–Crippen MR) is 158 cm³/mol. The highest BCUT2D eigenvalue weighted by molar-refractivity contribution is 6.25. The molecular formula is C34H27N3. The largest absolute Gasteiger partial charge is 0.344 e. The van der Waals surface area contributed by atoms with Gasteiger partial charge in [0.05, 0.1) is 11.0 Å². The molecule has 3 heteroatoms. The van der Waals surface area contributed by atoms with Gasteiger partial charge in [-0.3, -0.25) is 0 Å². The summed E-state index contributed by atoms with van der Waals surface area (Å²) in [5, 5.41) is 7.98. The molecule has 0 saturated carbocycles. The highest BCUT2D eigenvalue weighted by Gasteiger charge is 2.17. The second-order valence-corrected chi connectivity index (χ2v) is 10.4. The molecule has 0 unspecified atom stereocenters. The zero-order chi connectivity index (χ0) is 24.8. The molecular weight excluding hydrogens is 450 g/mol. The van der Waals surface area contributed by atoms with Gasteiger partial charge in [-0.05, 0) is 60.0 Å². The van der Waals surface area contributed by atoms with Crippen LogP contribution in [0.4, 0.5) is 0 Å². The van der Waals surface area contributed by atoms with Crippen LogP contribution in [0.25, 0.3) is 65.4 Å². The molecule has 0 saturated heterocycles. The van der Waals surface area contributed by atoms with Crippen LogP contribution in [0.5, 0.6) is 0 Å². The summed E-state index contributed by atoms with van der Waals surface area (Å²) >= 11 is 0. The van der Waals surface area contributed by atoms with Crippen LogP contribution in [0.1, 0.15) is 11.1 Å². The molecule has 0 fully saturated rings. The fraction of sp³-hybridized carbons (Fsp3) is 0.118. The highest BCUT2D eigenvalue weighted by Crippen LogP contribution is 2.39. The van der Waals surface area contributed by atoms with Gasteiger partial charge in [-0.15, -0.1) is 0 Å². The first-order valence-electron chi connectivity index (χ1n) is 12.9. The van der Waals surface area contributed by atoms with Crippen molar-refractivity contribution in [3.05, 3.63) is 108 Å². The Morgan fingerprint density at radius 3 is 1.68 bits per heavy atom. The van der Waals surface area contributed by atoms with Gasteiger partial charge in [0.25, 0.3) is 0 Å². The summed E-state index contributed by atoms with van der Waals surface area (Å²) < 4.78 is 6.99. The Balaban J connectivity index is 1.31. The van der Waals surface area contributed by atoms with E-state index >= 15 is 0 Å². The van der Waals surface area contributed by atoms with E-state index in [1.165, 1.54) is 76.5 Å². The summed E-state index contributed by atoms with van der Waals surface area (Å²) in [5.41, 5.74) is 10.4. The first-order valence-corrected chi connectivity index (χ1v) is 12.9. The third-order valence-corrected chi connectivity index (χ3v) is 8.49. The maximum Gasteiger partial charge on any atom is 0.0590 e. The van der Waals surface area contributed by atoms with Gasteiger partial charge in [0.15, 0.2) is 0 Å². The molecule has 0 bridgehead atoms.